The second kappa shape index (κ2) is 7.38. The SMILES string of the molecule is NC(=NS(=O)(=O)C=Cc1ccc([N+](=O)[O-])cc1)c1ccc2ccccc2c1. The molecule has 8 heteroatoms. The molecule has 0 amide bonds. The van der Waals surface area contributed by atoms with Crippen LogP contribution in [0.15, 0.2) is 76.5 Å². The molecule has 0 heterocycles. The molecule has 0 spiro atoms. The predicted molar refractivity (Wildman–Crippen MR) is 106 cm³/mol. The van der Waals surface area contributed by atoms with Crippen LogP contribution in [0.5, 0.6) is 0 Å². The van der Waals surface area contributed by atoms with Crippen molar-refractivity contribution in [3.05, 3.63) is 93.4 Å². The third-order valence-electron chi connectivity index (χ3n) is 3.81. The molecule has 0 radical (unpaired) electrons. The van der Waals surface area contributed by atoms with Gasteiger partial charge in [-0.2, -0.15) is 8.42 Å². The summed E-state index contributed by atoms with van der Waals surface area (Å²) in [6, 6.07) is 18.4. The molecule has 0 saturated carbocycles. The average molecular weight is 381 g/mol. The molecule has 0 aliphatic heterocycles. The number of nitro benzene ring substituents is 1. The van der Waals surface area contributed by atoms with Gasteiger partial charge in [0.15, 0.2) is 0 Å². The smallest absolute Gasteiger partial charge is 0.277 e. The Kier molecular flexibility index (Phi) is 5.00. The van der Waals surface area contributed by atoms with E-state index in [2.05, 4.69) is 4.40 Å². The molecule has 3 aromatic carbocycles. The van der Waals surface area contributed by atoms with Crippen molar-refractivity contribution in [1.29, 1.82) is 0 Å². The first-order valence-corrected chi connectivity index (χ1v) is 9.36. The quantitative estimate of drug-likeness (QED) is 0.314. The molecule has 0 unspecified atom stereocenters. The Labute approximate surface area is 155 Å². The first kappa shape index (κ1) is 18.3. The van der Waals surface area contributed by atoms with Gasteiger partial charge in [0.2, 0.25) is 0 Å². The van der Waals surface area contributed by atoms with Gasteiger partial charge in [0.1, 0.15) is 5.84 Å². The lowest BCUT2D eigenvalue weighted by molar-refractivity contribution is -0.384. The van der Waals surface area contributed by atoms with Gasteiger partial charge < -0.3 is 5.73 Å². The Morgan fingerprint density at radius 1 is 1.00 bits per heavy atom. The molecule has 0 aromatic heterocycles. The molecular formula is C19H15N3O4S. The lowest BCUT2D eigenvalue weighted by Gasteiger charge is -2.03. The number of fused-ring (bicyclic) bond motifs is 1. The third-order valence-corrected chi connectivity index (χ3v) is 4.74. The van der Waals surface area contributed by atoms with Gasteiger partial charge in [-0.25, -0.2) is 0 Å². The van der Waals surface area contributed by atoms with Crippen molar-refractivity contribution >= 4 is 38.4 Å². The van der Waals surface area contributed by atoms with Crippen LogP contribution < -0.4 is 5.73 Å². The fraction of sp³-hybridized carbons (Fsp3) is 0. The summed E-state index contributed by atoms with van der Waals surface area (Å²) in [4.78, 5) is 10.1. The molecular weight excluding hydrogens is 366 g/mol. The fourth-order valence-electron chi connectivity index (χ4n) is 2.44. The Bertz CT molecular complexity index is 1170. The highest BCUT2D eigenvalue weighted by molar-refractivity contribution is 7.93. The molecule has 0 bridgehead atoms. The molecule has 136 valence electrons. The van der Waals surface area contributed by atoms with E-state index in [1.807, 2.05) is 30.3 Å². The van der Waals surface area contributed by atoms with E-state index in [-0.39, 0.29) is 11.5 Å². The number of benzene rings is 3. The van der Waals surface area contributed by atoms with E-state index in [9.17, 15) is 18.5 Å². The number of amidine groups is 1. The Hall–Kier alpha value is -3.52. The van der Waals surface area contributed by atoms with E-state index < -0.39 is 14.9 Å². The van der Waals surface area contributed by atoms with Crippen LogP contribution in [-0.2, 0) is 10.0 Å². The number of rotatable bonds is 5. The van der Waals surface area contributed by atoms with Gasteiger partial charge in [-0.1, -0.05) is 36.4 Å². The van der Waals surface area contributed by atoms with Crippen LogP contribution in [0.1, 0.15) is 11.1 Å². The molecule has 0 aliphatic rings. The van der Waals surface area contributed by atoms with Gasteiger partial charge in [-0.3, -0.25) is 10.1 Å². The van der Waals surface area contributed by atoms with Crippen molar-refractivity contribution in [2.75, 3.05) is 0 Å². The van der Waals surface area contributed by atoms with Gasteiger partial charge in [0.05, 0.1) is 10.3 Å². The number of non-ortho nitro benzene ring substituents is 1. The van der Waals surface area contributed by atoms with Gasteiger partial charge >= 0.3 is 0 Å². The number of nitro groups is 1. The lowest BCUT2D eigenvalue weighted by atomic mass is 10.1. The first-order valence-electron chi connectivity index (χ1n) is 7.86. The van der Waals surface area contributed by atoms with Gasteiger partial charge in [-0.15, -0.1) is 4.40 Å². The largest absolute Gasteiger partial charge is 0.383 e. The van der Waals surface area contributed by atoms with Gasteiger partial charge in [0.25, 0.3) is 15.7 Å². The summed E-state index contributed by atoms with van der Waals surface area (Å²) in [5, 5.41) is 13.5. The standard InChI is InChI=1S/C19H15N3O4S/c20-19(17-8-7-15-3-1-2-4-16(15)13-17)21-27(25,26)12-11-14-5-9-18(10-6-14)22(23)24/h1-13H,(H2,20,21). The summed E-state index contributed by atoms with van der Waals surface area (Å²) in [5.74, 6) is -0.117. The van der Waals surface area contributed by atoms with Crippen molar-refractivity contribution in [2.45, 2.75) is 0 Å². The van der Waals surface area contributed by atoms with E-state index in [4.69, 9.17) is 5.73 Å². The molecule has 2 N–H and O–H groups in total. The van der Waals surface area contributed by atoms with Crippen molar-refractivity contribution in [3.8, 4) is 0 Å². The normalized spacial score (nSPS) is 12.5. The highest BCUT2D eigenvalue weighted by Gasteiger charge is 2.08. The van der Waals surface area contributed by atoms with Crippen molar-refractivity contribution in [3.63, 3.8) is 0 Å². The number of hydrogen-bond acceptors (Lipinski definition) is 4. The molecule has 27 heavy (non-hydrogen) atoms. The van der Waals surface area contributed by atoms with Crippen LogP contribution in [0.4, 0.5) is 5.69 Å². The van der Waals surface area contributed by atoms with Crippen molar-refractivity contribution < 1.29 is 13.3 Å². The van der Waals surface area contributed by atoms with Crippen LogP contribution in [0.25, 0.3) is 16.8 Å². The van der Waals surface area contributed by atoms with Crippen molar-refractivity contribution in [2.24, 2.45) is 10.1 Å². The summed E-state index contributed by atoms with van der Waals surface area (Å²) < 4.78 is 27.9. The monoisotopic (exact) mass is 381 g/mol. The fourth-order valence-corrected chi connectivity index (χ4v) is 3.21. The molecule has 7 nitrogen and oxygen atoms in total. The first-order chi connectivity index (χ1) is 12.8. The number of hydrogen-bond donors (Lipinski definition) is 1. The Morgan fingerprint density at radius 3 is 2.33 bits per heavy atom. The molecule has 0 fully saturated rings. The second-order valence-corrected chi connectivity index (χ2v) is 7.19. The zero-order valence-corrected chi connectivity index (χ0v) is 14.8. The van der Waals surface area contributed by atoms with Crippen LogP contribution in [0.2, 0.25) is 0 Å². The topological polar surface area (TPSA) is 116 Å². The van der Waals surface area contributed by atoms with Crippen molar-refractivity contribution in [1.82, 2.24) is 0 Å². The zero-order chi connectivity index (χ0) is 19.4. The molecule has 0 atom stereocenters. The molecule has 0 aliphatic carbocycles. The maximum Gasteiger partial charge on any atom is 0.277 e. The summed E-state index contributed by atoms with van der Waals surface area (Å²) >= 11 is 0. The van der Waals surface area contributed by atoms with Crippen LogP contribution >= 0.6 is 0 Å². The number of nitrogens with zero attached hydrogens (tertiary/aromatic N) is 2. The predicted octanol–water partition coefficient (Wildman–Crippen LogP) is 3.45. The van der Waals surface area contributed by atoms with Gasteiger partial charge in [-0.05, 0) is 40.6 Å². The van der Waals surface area contributed by atoms with E-state index in [1.165, 1.54) is 30.3 Å². The third kappa shape index (κ3) is 4.56. The Morgan fingerprint density at radius 2 is 1.67 bits per heavy atom. The average Bonchev–Trinajstić information content (AvgIpc) is 2.66. The zero-order valence-electron chi connectivity index (χ0n) is 14.0. The minimum absolute atomic E-state index is 0.0754. The molecule has 3 aromatic rings. The minimum atomic E-state index is -3.96. The van der Waals surface area contributed by atoms with E-state index in [0.717, 1.165) is 16.2 Å². The highest BCUT2D eigenvalue weighted by atomic mass is 32.2. The van der Waals surface area contributed by atoms with Crippen LogP contribution in [0, 0.1) is 10.1 Å². The number of nitrogens with two attached hydrogens (primary N) is 1. The summed E-state index contributed by atoms with van der Waals surface area (Å²) in [7, 11) is -3.96. The summed E-state index contributed by atoms with van der Waals surface area (Å²) in [6.45, 7) is 0. The van der Waals surface area contributed by atoms with E-state index in [0.29, 0.717) is 11.1 Å². The maximum atomic E-state index is 12.2. The molecule has 3 rings (SSSR count). The highest BCUT2D eigenvalue weighted by Crippen LogP contribution is 2.16. The minimum Gasteiger partial charge on any atom is -0.383 e. The number of sulfonamides is 1. The maximum absolute atomic E-state index is 12.2. The van der Waals surface area contributed by atoms with E-state index >= 15 is 0 Å². The van der Waals surface area contributed by atoms with E-state index in [1.54, 1.807) is 12.1 Å². The van der Waals surface area contributed by atoms with Crippen LogP contribution in [0.3, 0.4) is 0 Å². The van der Waals surface area contributed by atoms with Gasteiger partial charge in [0, 0.05) is 17.7 Å². The summed E-state index contributed by atoms with van der Waals surface area (Å²) in [5.41, 5.74) is 6.77. The summed E-state index contributed by atoms with van der Waals surface area (Å²) in [6.07, 6.45) is 1.30. The Balaban J connectivity index is 1.83. The molecule has 0 saturated heterocycles. The second-order valence-electron chi connectivity index (χ2n) is 5.70. The lowest BCUT2D eigenvalue weighted by Crippen LogP contribution is -2.15. The van der Waals surface area contributed by atoms with Crippen LogP contribution in [-0.4, -0.2) is 19.2 Å².